The number of anilines is 1. The standard InChI is InChI=1S/C10H17N3/c1-8-2-4-9(5-3-8)13-6-10(11)12-7-13/h6-9H,2-5,11H2,1H3. The summed E-state index contributed by atoms with van der Waals surface area (Å²) in [6.07, 6.45) is 9.02. The van der Waals surface area contributed by atoms with Crippen molar-refractivity contribution in [2.45, 2.75) is 38.6 Å². The number of imidazole rings is 1. The number of hydrogen-bond acceptors (Lipinski definition) is 2. The Hall–Kier alpha value is -0.990. The molecule has 1 aromatic rings. The van der Waals surface area contributed by atoms with Crippen molar-refractivity contribution in [1.82, 2.24) is 9.55 Å². The lowest BCUT2D eigenvalue weighted by Gasteiger charge is -2.26. The van der Waals surface area contributed by atoms with Crippen LogP contribution in [0, 0.1) is 5.92 Å². The zero-order chi connectivity index (χ0) is 9.26. The fourth-order valence-electron chi connectivity index (χ4n) is 2.09. The fourth-order valence-corrected chi connectivity index (χ4v) is 2.09. The summed E-state index contributed by atoms with van der Waals surface area (Å²) >= 11 is 0. The molecule has 1 aromatic heterocycles. The highest BCUT2D eigenvalue weighted by atomic mass is 15.1. The van der Waals surface area contributed by atoms with Crippen molar-refractivity contribution in [2.24, 2.45) is 5.92 Å². The molecule has 0 aromatic carbocycles. The summed E-state index contributed by atoms with van der Waals surface area (Å²) in [4.78, 5) is 4.05. The first-order valence-corrected chi connectivity index (χ1v) is 5.04. The van der Waals surface area contributed by atoms with Gasteiger partial charge in [-0.05, 0) is 31.6 Å². The molecule has 1 heterocycles. The number of nitrogens with zero attached hydrogens (tertiary/aromatic N) is 2. The molecule has 0 unspecified atom stereocenters. The van der Waals surface area contributed by atoms with Gasteiger partial charge in [-0.25, -0.2) is 4.98 Å². The predicted octanol–water partition coefficient (Wildman–Crippen LogP) is 2.22. The summed E-state index contributed by atoms with van der Waals surface area (Å²) in [5, 5.41) is 0. The molecule has 1 aliphatic carbocycles. The van der Waals surface area contributed by atoms with E-state index in [0.717, 1.165) is 5.92 Å². The maximum absolute atomic E-state index is 5.58. The highest BCUT2D eigenvalue weighted by Crippen LogP contribution is 2.31. The SMILES string of the molecule is CC1CCC(n2cnc(N)c2)CC1. The molecule has 0 atom stereocenters. The number of hydrogen-bond donors (Lipinski definition) is 1. The van der Waals surface area contributed by atoms with Gasteiger partial charge in [0.05, 0.1) is 6.33 Å². The topological polar surface area (TPSA) is 43.8 Å². The van der Waals surface area contributed by atoms with E-state index in [9.17, 15) is 0 Å². The second kappa shape index (κ2) is 3.40. The molecule has 0 radical (unpaired) electrons. The molecule has 0 amide bonds. The summed E-state index contributed by atoms with van der Waals surface area (Å²) in [6.45, 7) is 2.33. The molecule has 0 bridgehead atoms. The number of nitrogens with two attached hydrogens (primary N) is 1. The smallest absolute Gasteiger partial charge is 0.141 e. The minimum atomic E-state index is 0.638. The fraction of sp³-hybridized carbons (Fsp3) is 0.700. The zero-order valence-corrected chi connectivity index (χ0v) is 8.11. The summed E-state index contributed by atoms with van der Waals surface area (Å²) in [5.41, 5.74) is 5.58. The minimum absolute atomic E-state index is 0.638. The second-order valence-corrected chi connectivity index (χ2v) is 4.16. The Morgan fingerprint density at radius 2 is 2.08 bits per heavy atom. The van der Waals surface area contributed by atoms with Crippen LogP contribution < -0.4 is 5.73 Å². The molecule has 0 saturated heterocycles. The third kappa shape index (κ3) is 1.85. The molecule has 0 spiro atoms. The molecule has 2 N–H and O–H groups in total. The first-order valence-electron chi connectivity index (χ1n) is 5.04. The van der Waals surface area contributed by atoms with Gasteiger partial charge in [-0.3, -0.25) is 0 Å². The van der Waals surface area contributed by atoms with Gasteiger partial charge >= 0.3 is 0 Å². The van der Waals surface area contributed by atoms with Crippen molar-refractivity contribution in [3.63, 3.8) is 0 Å². The van der Waals surface area contributed by atoms with Gasteiger partial charge in [-0.15, -0.1) is 0 Å². The van der Waals surface area contributed by atoms with Crippen LogP contribution in [0.3, 0.4) is 0 Å². The first-order chi connectivity index (χ1) is 6.25. The largest absolute Gasteiger partial charge is 0.382 e. The molecular weight excluding hydrogens is 162 g/mol. The van der Waals surface area contributed by atoms with Gasteiger partial charge in [-0.1, -0.05) is 6.92 Å². The molecule has 1 aliphatic rings. The predicted molar refractivity (Wildman–Crippen MR) is 53.3 cm³/mol. The summed E-state index contributed by atoms with van der Waals surface area (Å²) < 4.78 is 2.17. The summed E-state index contributed by atoms with van der Waals surface area (Å²) in [5.74, 6) is 1.54. The molecule has 72 valence electrons. The lowest BCUT2D eigenvalue weighted by molar-refractivity contribution is 0.289. The maximum atomic E-state index is 5.58. The highest BCUT2D eigenvalue weighted by Gasteiger charge is 2.19. The Morgan fingerprint density at radius 3 is 2.62 bits per heavy atom. The van der Waals surface area contributed by atoms with Crippen LogP contribution in [0.5, 0.6) is 0 Å². The van der Waals surface area contributed by atoms with Crippen LogP contribution in [0.1, 0.15) is 38.6 Å². The van der Waals surface area contributed by atoms with E-state index in [2.05, 4.69) is 16.5 Å². The van der Waals surface area contributed by atoms with E-state index in [1.54, 1.807) is 0 Å². The number of nitrogen functional groups attached to an aromatic ring is 1. The van der Waals surface area contributed by atoms with Crippen LogP contribution in [-0.2, 0) is 0 Å². The van der Waals surface area contributed by atoms with Crippen LogP contribution in [0.2, 0.25) is 0 Å². The lowest BCUT2D eigenvalue weighted by atomic mass is 9.87. The molecule has 1 fully saturated rings. The molecule has 13 heavy (non-hydrogen) atoms. The quantitative estimate of drug-likeness (QED) is 0.718. The average molecular weight is 179 g/mol. The van der Waals surface area contributed by atoms with E-state index in [-0.39, 0.29) is 0 Å². The third-order valence-corrected chi connectivity index (χ3v) is 3.03. The third-order valence-electron chi connectivity index (χ3n) is 3.03. The van der Waals surface area contributed by atoms with E-state index >= 15 is 0 Å². The number of rotatable bonds is 1. The van der Waals surface area contributed by atoms with Gasteiger partial charge in [-0.2, -0.15) is 0 Å². The normalized spacial score (nSPS) is 29.0. The minimum Gasteiger partial charge on any atom is -0.382 e. The Kier molecular flexibility index (Phi) is 2.25. The molecule has 0 aliphatic heterocycles. The highest BCUT2D eigenvalue weighted by molar-refractivity contribution is 5.22. The Labute approximate surface area is 79.0 Å². The van der Waals surface area contributed by atoms with Crippen molar-refractivity contribution in [3.8, 4) is 0 Å². The van der Waals surface area contributed by atoms with Crippen molar-refractivity contribution in [3.05, 3.63) is 12.5 Å². The van der Waals surface area contributed by atoms with E-state index in [0.29, 0.717) is 11.9 Å². The van der Waals surface area contributed by atoms with Gasteiger partial charge in [0.25, 0.3) is 0 Å². The van der Waals surface area contributed by atoms with E-state index < -0.39 is 0 Å². The van der Waals surface area contributed by atoms with E-state index in [4.69, 9.17) is 5.73 Å². The monoisotopic (exact) mass is 179 g/mol. The van der Waals surface area contributed by atoms with Crippen molar-refractivity contribution < 1.29 is 0 Å². The van der Waals surface area contributed by atoms with Gasteiger partial charge in [0.15, 0.2) is 0 Å². The molecule has 1 saturated carbocycles. The molecule has 2 rings (SSSR count). The van der Waals surface area contributed by atoms with E-state index in [1.807, 2.05) is 12.5 Å². The number of aromatic nitrogens is 2. The van der Waals surface area contributed by atoms with Gasteiger partial charge < -0.3 is 10.3 Å². The first kappa shape index (κ1) is 8.60. The van der Waals surface area contributed by atoms with Gasteiger partial charge in [0, 0.05) is 12.2 Å². The van der Waals surface area contributed by atoms with Crippen LogP contribution in [0.25, 0.3) is 0 Å². The molecule has 3 nitrogen and oxygen atoms in total. The van der Waals surface area contributed by atoms with Crippen LogP contribution >= 0.6 is 0 Å². The Morgan fingerprint density at radius 1 is 1.38 bits per heavy atom. The Balaban J connectivity index is 2.02. The van der Waals surface area contributed by atoms with Crippen LogP contribution in [-0.4, -0.2) is 9.55 Å². The maximum Gasteiger partial charge on any atom is 0.141 e. The van der Waals surface area contributed by atoms with Gasteiger partial charge in [0.1, 0.15) is 5.82 Å². The summed E-state index contributed by atoms with van der Waals surface area (Å²) in [6, 6.07) is 0.640. The Bertz CT molecular complexity index is 271. The zero-order valence-electron chi connectivity index (χ0n) is 8.11. The molecule has 3 heteroatoms. The van der Waals surface area contributed by atoms with Crippen molar-refractivity contribution in [1.29, 1.82) is 0 Å². The molecular formula is C10H17N3. The van der Waals surface area contributed by atoms with Crippen LogP contribution in [0.15, 0.2) is 12.5 Å². The lowest BCUT2D eigenvalue weighted by Crippen LogP contribution is -2.15. The van der Waals surface area contributed by atoms with Crippen LogP contribution in [0.4, 0.5) is 5.82 Å². The average Bonchev–Trinajstić information content (AvgIpc) is 2.53. The second-order valence-electron chi connectivity index (χ2n) is 4.16. The van der Waals surface area contributed by atoms with Crippen molar-refractivity contribution >= 4 is 5.82 Å². The van der Waals surface area contributed by atoms with Crippen molar-refractivity contribution in [2.75, 3.05) is 5.73 Å². The van der Waals surface area contributed by atoms with Gasteiger partial charge in [0.2, 0.25) is 0 Å². The summed E-state index contributed by atoms with van der Waals surface area (Å²) in [7, 11) is 0. The van der Waals surface area contributed by atoms with E-state index in [1.165, 1.54) is 25.7 Å².